The van der Waals surface area contributed by atoms with Crippen LogP contribution >= 0.6 is 11.6 Å². The van der Waals surface area contributed by atoms with Crippen molar-refractivity contribution in [3.05, 3.63) is 28.3 Å². The smallest absolute Gasteiger partial charge is 0.163 e. The number of fused-ring (bicyclic) bond motifs is 1. The Kier molecular flexibility index (Phi) is 1.58. The first-order valence-corrected chi connectivity index (χ1v) is 4.17. The summed E-state index contributed by atoms with van der Waals surface area (Å²) in [6, 6.07) is 3.39. The first kappa shape index (κ1) is 7.62. The van der Waals surface area contributed by atoms with Gasteiger partial charge >= 0.3 is 0 Å². The highest BCUT2D eigenvalue weighted by atomic mass is 35.5. The van der Waals surface area contributed by atoms with Gasteiger partial charge in [-0.3, -0.25) is 4.79 Å². The molecule has 0 spiro atoms. The lowest BCUT2D eigenvalue weighted by Gasteiger charge is -2.02. The molecule has 0 aliphatic heterocycles. The van der Waals surface area contributed by atoms with Crippen LogP contribution in [0.2, 0.25) is 5.02 Å². The topological polar surface area (TPSA) is 43.1 Å². The SMILES string of the molecule is Nc1cc(Cl)cc2c1CCC2=O. The molecule has 2 N–H and O–H groups in total. The van der Waals surface area contributed by atoms with Crippen LogP contribution < -0.4 is 5.73 Å². The Bertz CT molecular complexity index is 360. The molecule has 0 bridgehead atoms. The zero-order chi connectivity index (χ0) is 8.72. The summed E-state index contributed by atoms with van der Waals surface area (Å²) >= 11 is 5.76. The van der Waals surface area contributed by atoms with Crippen molar-refractivity contribution in [1.82, 2.24) is 0 Å². The number of Topliss-reactive ketones (excluding diaryl/α,β-unsaturated/α-hetero) is 1. The van der Waals surface area contributed by atoms with E-state index in [4.69, 9.17) is 17.3 Å². The zero-order valence-corrected chi connectivity index (χ0v) is 7.19. The molecule has 2 nitrogen and oxygen atoms in total. The van der Waals surface area contributed by atoms with Crippen LogP contribution in [0.5, 0.6) is 0 Å². The van der Waals surface area contributed by atoms with Crippen molar-refractivity contribution in [1.29, 1.82) is 0 Å². The van der Waals surface area contributed by atoms with E-state index in [9.17, 15) is 4.79 Å². The fourth-order valence-electron chi connectivity index (χ4n) is 1.56. The lowest BCUT2D eigenvalue weighted by atomic mass is 10.1. The summed E-state index contributed by atoms with van der Waals surface area (Å²) in [5, 5.41) is 0.543. The molecule has 3 heteroatoms. The van der Waals surface area contributed by atoms with Crippen LogP contribution in [0.3, 0.4) is 0 Å². The summed E-state index contributed by atoms with van der Waals surface area (Å²) in [4.78, 5) is 11.3. The first-order chi connectivity index (χ1) is 5.68. The number of nitrogen functional groups attached to an aromatic ring is 1. The minimum absolute atomic E-state index is 0.152. The molecule has 0 aromatic heterocycles. The number of ketones is 1. The summed E-state index contributed by atoms with van der Waals surface area (Å²) in [6.45, 7) is 0. The third-order valence-corrected chi connectivity index (χ3v) is 2.37. The maximum absolute atomic E-state index is 11.3. The molecular formula is C9H8ClNO. The number of carbonyl (C=O) groups excluding carboxylic acids is 1. The quantitative estimate of drug-likeness (QED) is 0.623. The van der Waals surface area contributed by atoms with Crippen LogP contribution in [-0.4, -0.2) is 5.78 Å². The van der Waals surface area contributed by atoms with Crippen molar-refractivity contribution in [2.45, 2.75) is 12.8 Å². The highest BCUT2D eigenvalue weighted by molar-refractivity contribution is 6.31. The Morgan fingerprint density at radius 2 is 2.08 bits per heavy atom. The molecule has 1 aliphatic rings. The Morgan fingerprint density at radius 3 is 2.83 bits per heavy atom. The fourth-order valence-corrected chi connectivity index (χ4v) is 1.79. The number of carbonyl (C=O) groups is 1. The average molecular weight is 182 g/mol. The summed E-state index contributed by atoms with van der Waals surface area (Å²) in [6.07, 6.45) is 1.33. The largest absolute Gasteiger partial charge is 0.398 e. The van der Waals surface area contributed by atoms with E-state index in [1.165, 1.54) is 0 Å². The third-order valence-electron chi connectivity index (χ3n) is 2.15. The number of halogens is 1. The Morgan fingerprint density at radius 1 is 1.33 bits per heavy atom. The molecule has 1 aromatic rings. The summed E-state index contributed by atoms with van der Waals surface area (Å²) in [7, 11) is 0. The second-order valence-corrected chi connectivity index (χ2v) is 3.38. The van der Waals surface area contributed by atoms with Crippen molar-refractivity contribution in [3.63, 3.8) is 0 Å². The maximum atomic E-state index is 11.3. The van der Waals surface area contributed by atoms with Gasteiger partial charge in [-0.15, -0.1) is 0 Å². The van der Waals surface area contributed by atoms with E-state index in [-0.39, 0.29) is 5.78 Å². The molecule has 0 heterocycles. The van der Waals surface area contributed by atoms with Gasteiger partial charge in [0.15, 0.2) is 5.78 Å². The molecule has 1 aromatic carbocycles. The van der Waals surface area contributed by atoms with Crippen LogP contribution in [0, 0.1) is 0 Å². The van der Waals surface area contributed by atoms with Crippen LogP contribution in [0.1, 0.15) is 22.3 Å². The average Bonchev–Trinajstić information content (AvgIpc) is 2.33. The number of benzene rings is 1. The lowest BCUT2D eigenvalue weighted by molar-refractivity contribution is 0.0994. The third kappa shape index (κ3) is 0.994. The van der Waals surface area contributed by atoms with Gasteiger partial charge in [0.1, 0.15) is 0 Å². The molecule has 2 rings (SSSR count). The Labute approximate surface area is 75.3 Å². The van der Waals surface area contributed by atoms with Gasteiger partial charge in [0.2, 0.25) is 0 Å². The van der Waals surface area contributed by atoms with Crippen LogP contribution in [0.15, 0.2) is 12.1 Å². The number of rotatable bonds is 0. The first-order valence-electron chi connectivity index (χ1n) is 3.79. The molecule has 1 aliphatic carbocycles. The zero-order valence-electron chi connectivity index (χ0n) is 6.43. The number of hydrogen-bond donors (Lipinski definition) is 1. The summed E-state index contributed by atoms with van der Waals surface area (Å²) in [5.74, 6) is 0.152. The van der Waals surface area contributed by atoms with Crippen molar-refractivity contribution in [3.8, 4) is 0 Å². The van der Waals surface area contributed by atoms with Gasteiger partial charge in [0.25, 0.3) is 0 Å². The van der Waals surface area contributed by atoms with Crippen LogP contribution in [0.25, 0.3) is 0 Å². The molecule has 0 saturated carbocycles. The number of nitrogens with two attached hydrogens (primary N) is 1. The van der Waals surface area contributed by atoms with E-state index in [1.807, 2.05) is 0 Å². The van der Waals surface area contributed by atoms with E-state index >= 15 is 0 Å². The summed E-state index contributed by atoms with van der Waals surface area (Å²) in [5.41, 5.74) is 8.01. The molecule has 0 unspecified atom stereocenters. The van der Waals surface area contributed by atoms with E-state index in [0.29, 0.717) is 22.7 Å². The van der Waals surface area contributed by atoms with Gasteiger partial charge < -0.3 is 5.73 Å². The van der Waals surface area contributed by atoms with Crippen molar-refractivity contribution in [2.75, 3.05) is 5.73 Å². The van der Waals surface area contributed by atoms with Gasteiger partial charge in [-0.2, -0.15) is 0 Å². The fraction of sp³-hybridized carbons (Fsp3) is 0.222. The van der Waals surface area contributed by atoms with Crippen molar-refractivity contribution < 1.29 is 4.79 Å². The predicted molar refractivity (Wildman–Crippen MR) is 48.5 cm³/mol. The molecule has 0 fully saturated rings. The lowest BCUT2D eigenvalue weighted by Crippen LogP contribution is -1.95. The highest BCUT2D eigenvalue weighted by Crippen LogP contribution is 2.30. The van der Waals surface area contributed by atoms with Gasteiger partial charge in [-0.25, -0.2) is 0 Å². The monoisotopic (exact) mass is 181 g/mol. The minimum Gasteiger partial charge on any atom is -0.398 e. The predicted octanol–water partition coefficient (Wildman–Crippen LogP) is 2.05. The Hall–Kier alpha value is -1.02. The number of hydrogen-bond acceptors (Lipinski definition) is 2. The van der Waals surface area contributed by atoms with Gasteiger partial charge in [-0.1, -0.05) is 11.6 Å². The standard InChI is InChI=1S/C9H8ClNO/c10-5-3-7-6(8(11)4-5)1-2-9(7)12/h3-4H,1-2,11H2. The van der Waals surface area contributed by atoms with Gasteiger partial charge in [0, 0.05) is 22.7 Å². The van der Waals surface area contributed by atoms with Gasteiger partial charge in [0.05, 0.1) is 0 Å². The molecular weight excluding hydrogens is 174 g/mol. The van der Waals surface area contributed by atoms with Gasteiger partial charge in [-0.05, 0) is 24.1 Å². The molecule has 12 heavy (non-hydrogen) atoms. The summed E-state index contributed by atoms with van der Waals surface area (Å²) < 4.78 is 0. The van der Waals surface area contributed by atoms with E-state index in [2.05, 4.69) is 0 Å². The second kappa shape index (κ2) is 2.49. The normalized spacial score (nSPS) is 14.9. The molecule has 0 radical (unpaired) electrons. The van der Waals surface area contributed by atoms with Crippen LogP contribution in [-0.2, 0) is 6.42 Å². The maximum Gasteiger partial charge on any atom is 0.163 e. The molecule has 0 atom stereocenters. The Balaban J connectivity index is 2.68. The highest BCUT2D eigenvalue weighted by Gasteiger charge is 2.21. The second-order valence-electron chi connectivity index (χ2n) is 2.94. The van der Waals surface area contributed by atoms with E-state index < -0.39 is 0 Å². The van der Waals surface area contributed by atoms with E-state index in [0.717, 1.165) is 12.0 Å². The molecule has 0 amide bonds. The molecule has 62 valence electrons. The van der Waals surface area contributed by atoms with Crippen molar-refractivity contribution in [2.24, 2.45) is 0 Å². The van der Waals surface area contributed by atoms with E-state index in [1.54, 1.807) is 12.1 Å². The molecule has 0 saturated heterocycles. The number of anilines is 1. The minimum atomic E-state index is 0.152. The van der Waals surface area contributed by atoms with Crippen molar-refractivity contribution >= 4 is 23.1 Å². The van der Waals surface area contributed by atoms with Crippen LogP contribution in [0.4, 0.5) is 5.69 Å².